The van der Waals surface area contributed by atoms with Gasteiger partial charge >= 0.3 is 5.76 Å². The predicted molar refractivity (Wildman–Crippen MR) is 124 cm³/mol. The first-order valence-corrected chi connectivity index (χ1v) is 11.3. The molecule has 0 spiro atoms. The molecule has 0 saturated carbocycles. The topological polar surface area (TPSA) is 55.5 Å². The molecule has 0 N–H and O–H groups in total. The second-order valence-corrected chi connectivity index (χ2v) is 8.95. The first kappa shape index (κ1) is 19.4. The second kappa shape index (κ2) is 7.38. The highest BCUT2D eigenvalue weighted by atomic mass is 35.5. The fourth-order valence-corrected chi connectivity index (χ4v) is 5.47. The van der Waals surface area contributed by atoms with Gasteiger partial charge in [0.25, 0.3) is 0 Å². The van der Waals surface area contributed by atoms with Crippen LogP contribution in [0.15, 0.2) is 75.9 Å². The Labute approximate surface area is 189 Å². The van der Waals surface area contributed by atoms with E-state index in [9.17, 15) is 9.59 Å². The number of carbonyl (C=O) groups is 1. The van der Waals surface area contributed by atoms with Crippen LogP contribution in [0.25, 0.3) is 22.2 Å². The average Bonchev–Trinajstić information content (AvgIpc) is 3.32. The van der Waals surface area contributed by atoms with E-state index in [0.29, 0.717) is 42.1 Å². The molecule has 1 saturated heterocycles. The van der Waals surface area contributed by atoms with Crippen molar-refractivity contribution in [3.8, 4) is 11.1 Å². The number of piperidine rings is 1. The summed E-state index contributed by atoms with van der Waals surface area (Å²) in [5.74, 6) is -0.505. The van der Waals surface area contributed by atoms with E-state index < -0.39 is 0 Å². The predicted octanol–water partition coefficient (Wildman–Crippen LogP) is 5.22. The molecule has 0 bridgehead atoms. The molecule has 6 heteroatoms. The van der Waals surface area contributed by atoms with Crippen LogP contribution in [-0.4, -0.2) is 28.5 Å². The third-order valence-electron chi connectivity index (χ3n) is 6.80. The van der Waals surface area contributed by atoms with Crippen molar-refractivity contribution < 1.29 is 9.21 Å². The maximum absolute atomic E-state index is 13.7. The lowest BCUT2D eigenvalue weighted by molar-refractivity contribution is -0.133. The van der Waals surface area contributed by atoms with Crippen LogP contribution in [0, 0.1) is 0 Å². The van der Waals surface area contributed by atoms with Gasteiger partial charge < -0.3 is 9.32 Å². The molecule has 2 aliphatic rings. The smallest absolute Gasteiger partial charge is 0.408 e. The van der Waals surface area contributed by atoms with Crippen LogP contribution in [0.5, 0.6) is 0 Å². The van der Waals surface area contributed by atoms with Crippen molar-refractivity contribution in [2.24, 2.45) is 0 Å². The molecule has 0 unspecified atom stereocenters. The van der Waals surface area contributed by atoms with Gasteiger partial charge in [0, 0.05) is 24.2 Å². The number of nitrogens with zero attached hydrogens (tertiary/aromatic N) is 2. The number of rotatable bonds is 2. The largest absolute Gasteiger partial charge is 0.420 e. The van der Waals surface area contributed by atoms with E-state index >= 15 is 0 Å². The maximum atomic E-state index is 13.7. The van der Waals surface area contributed by atoms with Gasteiger partial charge in [0.1, 0.15) is 0 Å². The van der Waals surface area contributed by atoms with Gasteiger partial charge in [-0.3, -0.25) is 9.36 Å². The Kier molecular flexibility index (Phi) is 4.47. The van der Waals surface area contributed by atoms with Gasteiger partial charge in [-0.25, -0.2) is 4.79 Å². The molecule has 32 heavy (non-hydrogen) atoms. The Morgan fingerprint density at radius 1 is 0.906 bits per heavy atom. The zero-order valence-corrected chi connectivity index (χ0v) is 18.1. The van der Waals surface area contributed by atoms with Crippen molar-refractivity contribution in [2.45, 2.75) is 24.8 Å². The van der Waals surface area contributed by atoms with Gasteiger partial charge in [-0.1, -0.05) is 60.1 Å². The average molecular weight is 445 g/mol. The van der Waals surface area contributed by atoms with Crippen molar-refractivity contribution in [1.82, 2.24) is 9.47 Å². The van der Waals surface area contributed by atoms with E-state index in [0.717, 1.165) is 22.3 Å². The molecule has 0 radical (unpaired) electrons. The number of benzene rings is 3. The normalized spacial score (nSPS) is 16.3. The molecule has 5 nitrogen and oxygen atoms in total. The molecule has 2 heterocycles. The Morgan fingerprint density at radius 2 is 1.53 bits per heavy atom. The fourth-order valence-electron chi connectivity index (χ4n) is 5.30. The number of carbonyl (C=O) groups excluding carboxylic acids is 1. The third kappa shape index (κ3) is 2.92. The Balaban J connectivity index is 1.27. The van der Waals surface area contributed by atoms with Crippen LogP contribution in [0.3, 0.4) is 0 Å². The van der Waals surface area contributed by atoms with E-state index in [4.69, 9.17) is 16.0 Å². The minimum atomic E-state index is -0.370. The summed E-state index contributed by atoms with van der Waals surface area (Å²) in [5.41, 5.74) is 5.69. The summed E-state index contributed by atoms with van der Waals surface area (Å²) in [5, 5.41) is 0.568. The van der Waals surface area contributed by atoms with Gasteiger partial charge in [0.15, 0.2) is 5.58 Å². The molecule has 3 aromatic carbocycles. The molecule has 1 aliphatic heterocycles. The van der Waals surface area contributed by atoms with Crippen molar-refractivity contribution >= 4 is 28.6 Å². The minimum absolute atomic E-state index is 0.0191. The number of halogens is 1. The highest BCUT2D eigenvalue weighted by Gasteiger charge is 2.37. The van der Waals surface area contributed by atoms with Gasteiger partial charge in [-0.2, -0.15) is 0 Å². The van der Waals surface area contributed by atoms with Gasteiger partial charge in [-0.15, -0.1) is 0 Å². The van der Waals surface area contributed by atoms with Gasteiger partial charge in [0.2, 0.25) is 5.91 Å². The lowest BCUT2D eigenvalue weighted by atomic mass is 9.94. The van der Waals surface area contributed by atoms with Crippen LogP contribution in [0.4, 0.5) is 0 Å². The Bertz CT molecular complexity index is 1370. The maximum Gasteiger partial charge on any atom is 0.420 e. The minimum Gasteiger partial charge on any atom is -0.408 e. The van der Waals surface area contributed by atoms with Gasteiger partial charge in [-0.05, 0) is 53.3 Å². The lowest BCUT2D eigenvalue weighted by Crippen LogP contribution is -2.42. The van der Waals surface area contributed by atoms with E-state index in [1.807, 2.05) is 29.2 Å². The van der Waals surface area contributed by atoms with Crippen LogP contribution in [0.1, 0.15) is 35.9 Å². The number of aromatic nitrogens is 1. The van der Waals surface area contributed by atoms with Crippen LogP contribution in [0.2, 0.25) is 5.02 Å². The quantitative estimate of drug-likeness (QED) is 0.425. The van der Waals surface area contributed by atoms with E-state index in [-0.39, 0.29) is 23.6 Å². The van der Waals surface area contributed by atoms with Crippen LogP contribution >= 0.6 is 11.6 Å². The summed E-state index contributed by atoms with van der Waals surface area (Å²) in [6, 6.07) is 21.5. The highest BCUT2D eigenvalue weighted by Crippen LogP contribution is 2.45. The molecule has 1 amide bonds. The molecule has 1 aliphatic carbocycles. The summed E-state index contributed by atoms with van der Waals surface area (Å²) in [6.45, 7) is 1.20. The lowest BCUT2D eigenvalue weighted by Gasteiger charge is -2.34. The number of likely N-dealkylation sites (tertiary alicyclic amines) is 1. The van der Waals surface area contributed by atoms with Crippen molar-refractivity contribution in [3.05, 3.63) is 93.4 Å². The summed E-state index contributed by atoms with van der Waals surface area (Å²) in [7, 11) is 0. The third-order valence-corrected chi connectivity index (χ3v) is 7.03. The molecular weight excluding hydrogens is 424 g/mol. The summed E-state index contributed by atoms with van der Waals surface area (Å²) in [4.78, 5) is 28.1. The van der Waals surface area contributed by atoms with E-state index in [1.54, 1.807) is 22.8 Å². The van der Waals surface area contributed by atoms with Crippen LogP contribution < -0.4 is 5.76 Å². The second-order valence-electron chi connectivity index (χ2n) is 8.51. The van der Waals surface area contributed by atoms with Gasteiger partial charge in [0.05, 0.1) is 11.4 Å². The molecule has 6 rings (SSSR count). The first-order valence-electron chi connectivity index (χ1n) is 10.9. The summed E-state index contributed by atoms with van der Waals surface area (Å²) < 4.78 is 7.11. The zero-order chi connectivity index (χ0) is 21.8. The summed E-state index contributed by atoms with van der Waals surface area (Å²) in [6.07, 6.45) is 1.39. The molecule has 1 aromatic heterocycles. The Morgan fingerprint density at radius 3 is 2.19 bits per heavy atom. The molecule has 4 aromatic rings. The Hall–Kier alpha value is -3.31. The standard InChI is InChI=1S/C26H21ClN2O3/c27-16-9-10-23-22(15-16)29(26(31)32-23)17-11-13-28(14-12-17)25(30)24-20-7-3-1-5-18(20)19-6-2-4-8-21(19)24/h1-10,15,17,24H,11-14H2. The number of hydrogen-bond acceptors (Lipinski definition) is 3. The van der Waals surface area contributed by atoms with Crippen molar-refractivity contribution in [2.75, 3.05) is 13.1 Å². The highest BCUT2D eigenvalue weighted by molar-refractivity contribution is 6.31. The monoisotopic (exact) mass is 444 g/mol. The number of hydrogen-bond donors (Lipinski definition) is 0. The van der Waals surface area contributed by atoms with Crippen LogP contribution in [-0.2, 0) is 4.79 Å². The molecule has 1 fully saturated rings. The van der Waals surface area contributed by atoms with Crippen molar-refractivity contribution in [1.29, 1.82) is 0 Å². The molecule has 160 valence electrons. The zero-order valence-electron chi connectivity index (χ0n) is 17.3. The SMILES string of the molecule is O=C(C1c2ccccc2-c2ccccc21)N1CCC(n2c(=O)oc3ccc(Cl)cc32)CC1. The number of oxazole rings is 1. The molecular formula is C26H21ClN2O3. The molecule has 0 atom stereocenters. The van der Waals surface area contributed by atoms with Crippen molar-refractivity contribution in [3.63, 3.8) is 0 Å². The first-order chi connectivity index (χ1) is 15.6. The fraction of sp³-hybridized carbons (Fsp3) is 0.231. The van der Waals surface area contributed by atoms with E-state index in [2.05, 4.69) is 24.3 Å². The summed E-state index contributed by atoms with van der Waals surface area (Å²) >= 11 is 6.15. The number of amides is 1. The number of fused-ring (bicyclic) bond motifs is 4. The van der Waals surface area contributed by atoms with E-state index in [1.165, 1.54) is 0 Å².